The van der Waals surface area contributed by atoms with E-state index in [2.05, 4.69) is 6.58 Å². The quantitative estimate of drug-likeness (QED) is 0.790. The molecule has 1 amide bonds. The Morgan fingerprint density at radius 1 is 1.05 bits per heavy atom. The van der Waals surface area contributed by atoms with E-state index >= 15 is 0 Å². The Balaban J connectivity index is 2.30. The number of rotatable bonds is 5. The second kappa shape index (κ2) is 6.86. The molecule has 0 N–H and O–H groups in total. The summed E-state index contributed by atoms with van der Waals surface area (Å²) in [7, 11) is 0. The van der Waals surface area contributed by atoms with Crippen molar-refractivity contribution in [1.82, 2.24) is 4.90 Å². The lowest BCUT2D eigenvalue weighted by atomic mass is 10.1. The minimum absolute atomic E-state index is 0.0464. The highest BCUT2D eigenvalue weighted by Gasteiger charge is 2.19. The third kappa shape index (κ3) is 3.58. The maximum atomic E-state index is 12.5. The van der Waals surface area contributed by atoms with Crippen molar-refractivity contribution in [3.8, 4) is 0 Å². The molecule has 2 aromatic rings. The second-order valence-electron chi connectivity index (χ2n) is 4.40. The SMILES string of the molecule is C=C(c1ccc(Cl)cc1)N(CC=O)C(=O)c1ccccc1. The standard InChI is InChI=1S/C17H14ClNO2/c1-13(14-7-9-16(18)10-8-14)19(11-12-20)17(21)15-5-3-2-4-6-15/h2-10,12H,1,11H2. The largest absolute Gasteiger partial charge is 0.301 e. The summed E-state index contributed by atoms with van der Waals surface area (Å²) in [5, 5.41) is 0.600. The molecule has 3 nitrogen and oxygen atoms in total. The van der Waals surface area contributed by atoms with Crippen molar-refractivity contribution in [3.05, 3.63) is 77.3 Å². The molecule has 0 aromatic heterocycles. The van der Waals surface area contributed by atoms with Crippen LogP contribution in [0.25, 0.3) is 5.70 Å². The zero-order valence-corrected chi connectivity index (χ0v) is 12.1. The highest BCUT2D eigenvalue weighted by atomic mass is 35.5. The van der Waals surface area contributed by atoms with Crippen molar-refractivity contribution in [2.75, 3.05) is 6.54 Å². The topological polar surface area (TPSA) is 37.4 Å². The predicted molar refractivity (Wildman–Crippen MR) is 84.0 cm³/mol. The van der Waals surface area contributed by atoms with Crippen molar-refractivity contribution >= 4 is 29.5 Å². The fourth-order valence-electron chi connectivity index (χ4n) is 1.92. The molecule has 21 heavy (non-hydrogen) atoms. The summed E-state index contributed by atoms with van der Waals surface area (Å²) >= 11 is 5.85. The van der Waals surface area contributed by atoms with Gasteiger partial charge in [-0.2, -0.15) is 0 Å². The maximum absolute atomic E-state index is 12.5. The van der Waals surface area contributed by atoms with Crippen LogP contribution in [0.5, 0.6) is 0 Å². The Hall–Kier alpha value is -2.39. The lowest BCUT2D eigenvalue weighted by Gasteiger charge is -2.23. The van der Waals surface area contributed by atoms with Gasteiger partial charge in [0.15, 0.2) is 0 Å². The fourth-order valence-corrected chi connectivity index (χ4v) is 2.05. The molecule has 0 spiro atoms. The molecule has 0 aliphatic heterocycles. The molecule has 106 valence electrons. The number of hydrogen-bond donors (Lipinski definition) is 0. The molecule has 4 heteroatoms. The molecule has 0 heterocycles. The van der Waals surface area contributed by atoms with Crippen LogP contribution in [0.4, 0.5) is 0 Å². The van der Waals surface area contributed by atoms with Crippen LogP contribution in [0.3, 0.4) is 0 Å². The lowest BCUT2D eigenvalue weighted by Crippen LogP contribution is -2.30. The average molecular weight is 300 g/mol. The van der Waals surface area contributed by atoms with Crippen molar-refractivity contribution in [2.24, 2.45) is 0 Å². The summed E-state index contributed by atoms with van der Waals surface area (Å²) in [6.07, 6.45) is 0.682. The summed E-state index contributed by atoms with van der Waals surface area (Å²) in [5.41, 5.74) is 1.72. The number of carbonyl (C=O) groups is 2. The average Bonchev–Trinajstić information content (AvgIpc) is 2.53. The summed E-state index contributed by atoms with van der Waals surface area (Å²) in [5.74, 6) is -0.261. The van der Waals surface area contributed by atoms with E-state index in [1.807, 2.05) is 6.07 Å². The van der Waals surface area contributed by atoms with Crippen molar-refractivity contribution in [2.45, 2.75) is 0 Å². The van der Waals surface area contributed by atoms with Crippen LogP contribution in [0.2, 0.25) is 5.02 Å². The Morgan fingerprint density at radius 3 is 2.24 bits per heavy atom. The number of aldehydes is 1. The number of amides is 1. The predicted octanol–water partition coefficient (Wildman–Crippen LogP) is 3.65. The highest BCUT2D eigenvalue weighted by Crippen LogP contribution is 2.21. The van der Waals surface area contributed by atoms with Crippen molar-refractivity contribution < 1.29 is 9.59 Å². The smallest absolute Gasteiger partial charge is 0.258 e. The first-order valence-corrected chi connectivity index (χ1v) is 6.76. The van der Waals surface area contributed by atoms with Gasteiger partial charge in [-0.25, -0.2) is 0 Å². The van der Waals surface area contributed by atoms with Gasteiger partial charge in [0, 0.05) is 16.3 Å². The zero-order chi connectivity index (χ0) is 15.2. The molecule has 0 bridgehead atoms. The molecule has 0 atom stereocenters. The van der Waals surface area contributed by atoms with Crippen LogP contribution in [-0.2, 0) is 4.79 Å². The van der Waals surface area contributed by atoms with Gasteiger partial charge < -0.3 is 9.69 Å². The van der Waals surface area contributed by atoms with Crippen molar-refractivity contribution in [3.63, 3.8) is 0 Å². The van der Waals surface area contributed by atoms with Crippen LogP contribution >= 0.6 is 11.6 Å². The van der Waals surface area contributed by atoms with Crippen LogP contribution < -0.4 is 0 Å². The summed E-state index contributed by atoms with van der Waals surface area (Å²) in [6.45, 7) is 3.88. The van der Waals surface area contributed by atoms with E-state index in [0.717, 1.165) is 5.56 Å². The van der Waals surface area contributed by atoms with Gasteiger partial charge in [0.1, 0.15) is 6.29 Å². The van der Waals surface area contributed by atoms with Crippen LogP contribution in [0, 0.1) is 0 Å². The number of halogens is 1. The van der Waals surface area contributed by atoms with Gasteiger partial charge in [-0.15, -0.1) is 0 Å². The van der Waals surface area contributed by atoms with E-state index in [-0.39, 0.29) is 12.5 Å². The monoisotopic (exact) mass is 299 g/mol. The minimum Gasteiger partial charge on any atom is -0.301 e. The molecule has 0 unspecified atom stereocenters. The fraction of sp³-hybridized carbons (Fsp3) is 0.0588. The van der Waals surface area contributed by atoms with Gasteiger partial charge in [-0.3, -0.25) is 4.79 Å². The highest BCUT2D eigenvalue weighted by molar-refractivity contribution is 6.30. The van der Waals surface area contributed by atoms with Gasteiger partial charge in [-0.05, 0) is 29.8 Å². The molecule has 2 rings (SSSR count). The van der Waals surface area contributed by atoms with Crippen molar-refractivity contribution in [1.29, 1.82) is 0 Å². The molecular formula is C17H14ClNO2. The van der Waals surface area contributed by atoms with Gasteiger partial charge in [-0.1, -0.05) is 48.5 Å². The third-order valence-electron chi connectivity index (χ3n) is 3.03. The van der Waals surface area contributed by atoms with E-state index in [1.54, 1.807) is 48.5 Å². The molecule has 0 fully saturated rings. The molecule has 0 radical (unpaired) electrons. The first kappa shape index (κ1) is 15.0. The Morgan fingerprint density at radius 2 is 1.67 bits per heavy atom. The second-order valence-corrected chi connectivity index (χ2v) is 4.84. The molecule has 0 saturated heterocycles. The third-order valence-corrected chi connectivity index (χ3v) is 3.28. The molecule has 0 aliphatic carbocycles. The maximum Gasteiger partial charge on any atom is 0.258 e. The van der Waals surface area contributed by atoms with Crippen LogP contribution in [-0.4, -0.2) is 23.6 Å². The summed E-state index contributed by atoms with van der Waals surface area (Å²) < 4.78 is 0. The van der Waals surface area contributed by atoms with Crippen LogP contribution in [0.1, 0.15) is 15.9 Å². The summed E-state index contributed by atoms with van der Waals surface area (Å²) in [6, 6.07) is 15.7. The van der Waals surface area contributed by atoms with Gasteiger partial charge in [0.25, 0.3) is 5.91 Å². The van der Waals surface area contributed by atoms with E-state index in [1.165, 1.54) is 4.90 Å². The van der Waals surface area contributed by atoms with E-state index in [0.29, 0.717) is 22.6 Å². The molecule has 0 saturated carbocycles. The first-order chi connectivity index (χ1) is 10.1. The number of benzene rings is 2. The number of carbonyl (C=O) groups excluding carboxylic acids is 2. The Bertz CT molecular complexity index is 650. The van der Waals surface area contributed by atoms with E-state index in [9.17, 15) is 9.59 Å². The normalized spacial score (nSPS) is 9.95. The van der Waals surface area contributed by atoms with Gasteiger partial charge in [0.05, 0.1) is 6.54 Å². The van der Waals surface area contributed by atoms with E-state index in [4.69, 9.17) is 11.6 Å². The molecule has 2 aromatic carbocycles. The first-order valence-electron chi connectivity index (χ1n) is 6.39. The minimum atomic E-state index is -0.261. The Labute approximate surface area is 128 Å². The van der Waals surface area contributed by atoms with E-state index < -0.39 is 0 Å². The Kier molecular flexibility index (Phi) is 4.90. The summed E-state index contributed by atoms with van der Waals surface area (Å²) in [4.78, 5) is 24.7. The lowest BCUT2D eigenvalue weighted by molar-refractivity contribution is -0.108. The molecular weight excluding hydrogens is 286 g/mol. The van der Waals surface area contributed by atoms with Gasteiger partial charge in [0.2, 0.25) is 0 Å². The van der Waals surface area contributed by atoms with Crippen LogP contribution in [0.15, 0.2) is 61.2 Å². The van der Waals surface area contributed by atoms with Gasteiger partial charge >= 0.3 is 0 Å². The number of hydrogen-bond acceptors (Lipinski definition) is 2. The molecule has 0 aliphatic rings. The number of nitrogens with zero attached hydrogens (tertiary/aromatic N) is 1. The zero-order valence-electron chi connectivity index (χ0n) is 11.3.